The number of nitrogen functional groups attached to an aromatic ring is 1. The Balaban J connectivity index is 1.69. The van der Waals surface area contributed by atoms with Gasteiger partial charge in [0.2, 0.25) is 0 Å². The summed E-state index contributed by atoms with van der Waals surface area (Å²) in [6, 6.07) is 18.2. The molecule has 4 aromatic rings. The average molecular weight is 526 g/mol. The molecule has 0 unspecified atom stereocenters. The Hall–Kier alpha value is -4.04. The number of nitrogens with zero attached hydrogens (tertiary/aromatic N) is 4. The fourth-order valence-electron chi connectivity index (χ4n) is 3.36. The lowest BCUT2D eigenvalue weighted by atomic mass is 10.1. The van der Waals surface area contributed by atoms with Crippen molar-refractivity contribution in [2.24, 2.45) is 20.5 Å². The largest absolute Gasteiger partial charge is 0.399 e. The van der Waals surface area contributed by atoms with Gasteiger partial charge in [0.1, 0.15) is 9.79 Å². The topological polar surface area (TPSA) is 184 Å². The zero-order valence-electron chi connectivity index (χ0n) is 18.6. The van der Waals surface area contributed by atoms with Crippen molar-refractivity contribution in [3.63, 3.8) is 0 Å². The standard InChI is InChI=1S/C23H19N5O6S2/c1-14-10-20-21(22(11-14)35(29,30)31)12-19(13-23(20)36(32,33)34)28-27-18-8-6-17(7-9-18)26-25-16-4-2-15(24)3-5-16/h2-13H,24H2,1H3,(H,29,30,31)(H,32,33,34). The van der Waals surface area contributed by atoms with E-state index in [0.717, 1.165) is 6.07 Å². The number of hydrogen-bond donors (Lipinski definition) is 3. The van der Waals surface area contributed by atoms with Crippen molar-refractivity contribution in [2.75, 3.05) is 5.73 Å². The first-order valence-corrected chi connectivity index (χ1v) is 13.1. The highest BCUT2D eigenvalue weighted by Gasteiger charge is 2.22. The highest BCUT2D eigenvalue weighted by Crippen LogP contribution is 2.35. The van der Waals surface area contributed by atoms with Crippen LogP contribution in [0.2, 0.25) is 0 Å². The Labute approximate surface area is 206 Å². The third kappa shape index (κ3) is 5.78. The van der Waals surface area contributed by atoms with Crippen molar-refractivity contribution in [3.8, 4) is 0 Å². The lowest BCUT2D eigenvalue weighted by Gasteiger charge is -2.10. The van der Waals surface area contributed by atoms with Crippen LogP contribution in [-0.2, 0) is 20.2 Å². The van der Waals surface area contributed by atoms with E-state index in [-0.39, 0.29) is 16.5 Å². The number of anilines is 1. The lowest BCUT2D eigenvalue weighted by Crippen LogP contribution is -2.03. The Morgan fingerprint density at radius 2 is 0.972 bits per heavy atom. The van der Waals surface area contributed by atoms with Crippen molar-refractivity contribution < 1.29 is 25.9 Å². The van der Waals surface area contributed by atoms with Crippen LogP contribution in [0.5, 0.6) is 0 Å². The molecule has 0 fully saturated rings. The fraction of sp³-hybridized carbons (Fsp3) is 0.0435. The molecule has 184 valence electrons. The lowest BCUT2D eigenvalue weighted by molar-refractivity contribution is 0.481. The molecule has 4 N–H and O–H groups in total. The molecule has 0 saturated carbocycles. The number of fused-ring (bicyclic) bond motifs is 1. The fourth-order valence-corrected chi connectivity index (χ4v) is 4.86. The third-order valence-electron chi connectivity index (χ3n) is 4.98. The first kappa shape index (κ1) is 25.1. The van der Waals surface area contributed by atoms with Gasteiger partial charge in [0.15, 0.2) is 0 Å². The van der Waals surface area contributed by atoms with Crippen molar-refractivity contribution in [1.82, 2.24) is 0 Å². The molecule has 0 amide bonds. The normalized spacial score (nSPS) is 12.6. The summed E-state index contributed by atoms with van der Waals surface area (Å²) >= 11 is 0. The summed E-state index contributed by atoms with van der Waals surface area (Å²) in [6.07, 6.45) is 0. The molecule has 4 rings (SSSR count). The summed E-state index contributed by atoms with van der Waals surface area (Å²) in [5.41, 5.74) is 8.10. The molecule has 0 heterocycles. The summed E-state index contributed by atoms with van der Waals surface area (Å²) in [5, 5.41) is 16.0. The van der Waals surface area contributed by atoms with Gasteiger partial charge in [0.25, 0.3) is 20.2 Å². The Morgan fingerprint density at radius 1 is 0.583 bits per heavy atom. The first-order chi connectivity index (χ1) is 16.9. The minimum atomic E-state index is -4.76. The van der Waals surface area contributed by atoms with Crippen LogP contribution >= 0.6 is 0 Å². The molecule has 0 atom stereocenters. The monoisotopic (exact) mass is 525 g/mol. The van der Waals surface area contributed by atoms with Crippen molar-refractivity contribution in [1.29, 1.82) is 0 Å². The molecule has 11 nitrogen and oxygen atoms in total. The molecular formula is C23H19N5O6S2. The quantitative estimate of drug-likeness (QED) is 0.155. The van der Waals surface area contributed by atoms with Gasteiger partial charge in [0.05, 0.1) is 22.7 Å². The third-order valence-corrected chi connectivity index (χ3v) is 6.77. The molecule has 13 heteroatoms. The van der Waals surface area contributed by atoms with Crippen LogP contribution in [0.15, 0.2) is 103 Å². The van der Waals surface area contributed by atoms with E-state index in [0.29, 0.717) is 28.3 Å². The van der Waals surface area contributed by atoms with Gasteiger partial charge in [-0.3, -0.25) is 9.11 Å². The molecule has 0 aliphatic heterocycles. The van der Waals surface area contributed by atoms with E-state index in [1.54, 1.807) is 48.5 Å². The highest BCUT2D eigenvalue weighted by molar-refractivity contribution is 7.86. The summed E-state index contributed by atoms with van der Waals surface area (Å²) in [5.74, 6) is 0. The minimum Gasteiger partial charge on any atom is -0.399 e. The van der Waals surface area contributed by atoms with Crippen LogP contribution in [0.25, 0.3) is 10.8 Å². The Morgan fingerprint density at radius 3 is 1.44 bits per heavy atom. The Kier molecular flexibility index (Phi) is 6.65. The molecule has 0 saturated heterocycles. The van der Waals surface area contributed by atoms with Crippen LogP contribution < -0.4 is 5.73 Å². The van der Waals surface area contributed by atoms with Crippen LogP contribution in [0, 0.1) is 6.92 Å². The first-order valence-electron chi connectivity index (χ1n) is 10.2. The van der Waals surface area contributed by atoms with Gasteiger partial charge >= 0.3 is 0 Å². The van der Waals surface area contributed by atoms with Crippen LogP contribution in [0.3, 0.4) is 0 Å². The maximum absolute atomic E-state index is 12.0. The number of benzene rings is 4. The predicted octanol–water partition coefficient (Wildman–Crippen LogP) is 6.05. The van der Waals surface area contributed by atoms with E-state index < -0.39 is 30.0 Å². The van der Waals surface area contributed by atoms with Crippen LogP contribution in [-0.4, -0.2) is 25.9 Å². The van der Waals surface area contributed by atoms with E-state index in [9.17, 15) is 25.9 Å². The average Bonchev–Trinajstić information content (AvgIpc) is 2.81. The molecule has 0 spiro atoms. The van der Waals surface area contributed by atoms with Crippen molar-refractivity contribution in [3.05, 3.63) is 78.4 Å². The smallest absolute Gasteiger partial charge is 0.295 e. The van der Waals surface area contributed by atoms with Gasteiger partial charge in [-0.25, -0.2) is 0 Å². The minimum absolute atomic E-state index is 0.0593. The summed E-state index contributed by atoms with van der Waals surface area (Å²) in [4.78, 5) is -1.09. The van der Waals surface area contributed by atoms with Gasteiger partial charge in [-0.05, 0) is 85.3 Å². The molecular weight excluding hydrogens is 506 g/mol. The summed E-state index contributed by atoms with van der Waals surface area (Å²) < 4.78 is 67.2. The zero-order valence-corrected chi connectivity index (χ0v) is 20.3. The highest BCUT2D eigenvalue weighted by atomic mass is 32.2. The van der Waals surface area contributed by atoms with Crippen LogP contribution in [0.4, 0.5) is 28.4 Å². The molecule has 0 bridgehead atoms. The van der Waals surface area contributed by atoms with E-state index in [4.69, 9.17) is 5.73 Å². The van der Waals surface area contributed by atoms with Crippen molar-refractivity contribution in [2.45, 2.75) is 16.7 Å². The number of hydrogen-bond acceptors (Lipinski definition) is 9. The second-order valence-electron chi connectivity index (χ2n) is 7.76. The van der Waals surface area contributed by atoms with Gasteiger partial charge in [-0.1, -0.05) is 0 Å². The molecule has 0 aliphatic rings. The van der Waals surface area contributed by atoms with E-state index >= 15 is 0 Å². The van der Waals surface area contributed by atoms with E-state index in [1.165, 1.54) is 25.1 Å². The second kappa shape index (κ2) is 9.54. The number of nitrogens with two attached hydrogens (primary N) is 1. The van der Waals surface area contributed by atoms with Crippen LogP contribution in [0.1, 0.15) is 5.56 Å². The SMILES string of the molecule is Cc1cc(S(=O)(=O)O)c2cc(N=Nc3ccc(N=Nc4ccc(N)cc4)cc3)cc(S(=O)(=O)O)c2c1. The number of aryl methyl sites for hydroxylation is 1. The zero-order chi connectivity index (χ0) is 26.1. The van der Waals surface area contributed by atoms with Gasteiger partial charge in [-0.2, -0.15) is 37.3 Å². The van der Waals surface area contributed by atoms with Gasteiger partial charge < -0.3 is 5.73 Å². The van der Waals surface area contributed by atoms with Gasteiger partial charge in [0, 0.05) is 16.5 Å². The Bertz CT molecular complexity index is 1730. The summed E-state index contributed by atoms with van der Waals surface area (Å²) in [7, 11) is -9.46. The maximum atomic E-state index is 12.0. The second-order valence-corrected chi connectivity index (χ2v) is 10.5. The maximum Gasteiger partial charge on any atom is 0.295 e. The predicted molar refractivity (Wildman–Crippen MR) is 134 cm³/mol. The number of azo groups is 2. The molecule has 4 aromatic carbocycles. The molecule has 0 radical (unpaired) electrons. The van der Waals surface area contributed by atoms with E-state index in [2.05, 4.69) is 20.5 Å². The van der Waals surface area contributed by atoms with Crippen molar-refractivity contribution >= 4 is 59.4 Å². The molecule has 0 aliphatic carbocycles. The number of rotatable bonds is 6. The molecule has 0 aromatic heterocycles. The van der Waals surface area contributed by atoms with Gasteiger partial charge in [-0.15, -0.1) is 0 Å². The molecule has 36 heavy (non-hydrogen) atoms. The summed E-state index contributed by atoms with van der Waals surface area (Å²) in [6.45, 7) is 1.52. The van der Waals surface area contributed by atoms with E-state index in [1.807, 2.05) is 0 Å².